The van der Waals surface area contributed by atoms with Crippen LogP contribution in [0.2, 0.25) is 5.02 Å². The molecule has 2 rings (SSSR count). The number of benzene rings is 2. The Kier molecular flexibility index (Phi) is 5.87. The van der Waals surface area contributed by atoms with Crippen molar-refractivity contribution < 1.29 is 32.2 Å². The van der Waals surface area contributed by atoms with E-state index >= 15 is 0 Å². The van der Waals surface area contributed by atoms with E-state index in [1.165, 1.54) is 0 Å². The van der Waals surface area contributed by atoms with Crippen molar-refractivity contribution in [1.29, 1.82) is 0 Å². The maximum absolute atomic E-state index is 12.0. The molecule has 1 N–H and O–H groups in total. The van der Waals surface area contributed by atoms with Crippen LogP contribution in [0.4, 0.5) is 18.9 Å². The number of esters is 1. The van der Waals surface area contributed by atoms with Gasteiger partial charge in [-0.1, -0.05) is 23.7 Å². The van der Waals surface area contributed by atoms with E-state index in [1.807, 2.05) is 0 Å². The van der Waals surface area contributed by atoms with Crippen molar-refractivity contribution in [2.45, 2.75) is 6.36 Å². The van der Waals surface area contributed by atoms with Crippen LogP contribution in [0, 0.1) is 0 Å². The summed E-state index contributed by atoms with van der Waals surface area (Å²) in [4.78, 5) is 23.5. The molecule has 2 aromatic rings. The largest absolute Gasteiger partial charge is 0.573 e. The van der Waals surface area contributed by atoms with Gasteiger partial charge >= 0.3 is 12.3 Å². The van der Waals surface area contributed by atoms with E-state index < -0.39 is 30.6 Å². The first-order valence-corrected chi connectivity index (χ1v) is 7.20. The van der Waals surface area contributed by atoms with E-state index in [-0.39, 0.29) is 5.56 Å². The van der Waals surface area contributed by atoms with Gasteiger partial charge in [-0.15, -0.1) is 13.2 Å². The fourth-order valence-corrected chi connectivity index (χ4v) is 1.94. The van der Waals surface area contributed by atoms with Gasteiger partial charge in [0.15, 0.2) is 6.61 Å². The number of halogens is 4. The summed E-state index contributed by atoms with van der Waals surface area (Å²) >= 11 is 5.87. The third-order valence-electron chi connectivity index (χ3n) is 2.81. The fourth-order valence-electron chi connectivity index (χ4n) is 1.76. The van der Waals surface area contributed by atoms with Gasteiger partial charge in [0, 0.05) is 0 Å². The Bertz CT molecular complexity index is 763. The van der Waals surface area contributed by atoms with Gasteiger partial charge in [0.05, 0.1) is 16.3 Å². The van der Waals surface area contributed by atoms with Crippen molar-refractivity contribution in [3.8, 4) is 5.75 Å². The molecule has 0 aliphatic heterocycles. The Morgan fingerprint density at radius 3 is 2.28 bits per heavy atom. The Labute approximate surface area is 145 Å². The molecule has 0 aromatic heterocycles. The van der Waals surface area contributed by atoms with Crippen LogP contribution >= 0.6 is 11.6 Å². The quantitative estimate of drug-likeness (QED) is 0.803. The van der Waals surface area contributed by atoms with E-state index in [0.29, 0.717) is 10.7 Å². The van der Waals surface area contributed by atoms with Crippen molar-refractivity contribution in [2.24, 2.45) is 0 Å². The van der Waals surface area contributed by atoms with Crippen molar-refractivity contribution >= 4 is 29.2 Å². The van der Waals surface area contributed by atoms with Gasteiger partial charge in [-0.05, 0) is 36.4 Å². The van der Waals surface area contributed by atoms with Gasteiger partial charge in [0.25, 0.3) is 5.91 Å². The molecule has 0 aliphatic carbocycles. The Morgan fingerprint density at radius 1 is 1.04 bits per heavy atom. The monoisotopic (exact) mass is 373 g/mol. The first kappa shape index (κ1) is 18.6. The number of anilines is 1. The third-order valence-corrected chi connectivity index (χ3v) is 3.14. The molecule has 1 amide bonds. The van der Waals surface area contributed by atoms with E-state index in [1.54, 1.807) is 24.3 Å². The summed E-state index contributed by atoms with van der Waals surface area (Å²) in [7, 11) is 0. The minimum atomic E-state index is -4.82. The SMILES string of the molecule is O=C(COC(=O)c1ccc(OC(F)(F)F)cc1)Nc1ccccc1Cl. The lowest BCUT2D eigenvalue weighted by Gasteiger charge is -2.10. The standard InChI is InChI=1S/C16H11ClF3NO4/c17-12-3-1-2-4-13(12)21-14(22)9-24-15(23)10-5-7-11(8-6-10)25-16(18,19)20/h1-8H,9H2,(H,21,22). The molecule has 2 aromatic carbocycles. The zero-order chi connectivity index (χ0) is 18.4. The number of alkyl halides is 3. The minimum Gasteiger partial charge on any atom is -0.452 e. The van der Waals surface area contributed by atoms with Crippen LogP contribution in [-0.2, 0) is 9.53 Å². The summed E-state index contributed by atoms with van der Waals surface area (Å²) in [6.07, 6.45) is -4.82. The second-order valence-corrected chi connectivity index (χ2v) is 5.08. The molecule has 0 aliphatic rings. The molecule has 5 nitrogen and oxygen atoms in total. The average molecular weight is 374 g/mol. The van der Waals surface area contributed by atoms with E-state index in [2.05, 4.69) is 10.1 Å². The molecular weight excluding hydrogens is 363 g/mol. The molecule has 0 unspecified atom stereocenters. The Balaban J connectivity index is 1.87. The lowest BCUT2D eigenvalue weighted by atomic mass is 10.2. The predicted molar refractivity (Wildman–Crippen MR) is 83.5 cm³/mol. The van der Waals surface area contributed by atoms with Gasteiger partial charge in [0.1, 0.15) is 5.75 Å². The highest BCUT2D eigenvalue weighted by atomic mass is 35.5. The predicted octanol–water partition coefficient (Wildman–Crippen LogP) is 4.03. The van der Waals surface area contributed by atoms with E-state index in [4.69, 9.17) is 16.3 Å². The normalized spacial score (nSPS) is 10.9. The van der Waals surface area contributed by atoms with Crippen LogP contribution in [0.5, 0.6) is 5.75 Å². The number of ether oxygens (including phenoxy) is 2. The summed E-state index contributed by atoms with van der Waals surface area (Å²) in [6, 6.07) is 10.6. The number of amides is 1. The first-order valence-electron chi connectivity index (χ1n) is 6.82. The van der Waals surface area contributed by atoms with Crippen LogP contribution in [0.3, 0.4) is 0 Å². The Hall–Kier alpha value is -2.74. The van der Waals surface area contributed by atoms with Crippen LogP contribution < -0.4 is 10.1 Å². The van der Waals surface area contributed by atoms with Crippen LogP contribution in [0.15, 0.2) is 48.5 Å². The smallest absolute Gasteiger partial charge is 0.452 e. The molecule has 132 valence electrons. The topological polar surface area (TPSA) is 64.6 Å². The highest BCUT2D eigenvalue weighted by molar-refractivity contribution is 6.33. The van der Waals surface area contributed by atoms with Crippen LogP contribution in [-0.4, -0.2) is 24.8 Å². The van der Waals surface area contributed by atoms with Gasteiger partial charge in [-0.2, -0.15) is 0 Å². The number of carbonyl (C=O) groups excluding carboxylic acids is 2. The number of rotatable bonds is 5. The lowest BCUT2D eigenvalue weighted by Crippen LogP contribution is -2.21. The van der Waals surface area contributed by atoms with Crippen molar-refractivity contribution in [1.82, 2.24) is 0 Å². The maximum Gasteiger partial charge on any atom is 0.573 e. The summed E-state index contributed by atoms with van der Waals surface area (Å²) in [5, 5.41) is 2.78. The Morgan fingerprint density at radius 2 is 1.68 bits per heavy atom. The average Bonchev–Trinajstić information content (AvgIpc) is 2.54. The number of para-hydroxylation sites is 1. The fraction of sp³-hybridized carbons (Fsp3) is 0.125. The molecule has 0 atom stereocenters. The number of nitrogens with one attached hydrogen (secondary N) is 1. The molecule has 0 bridgehead atoms. The molecule has 0 fully saturated rings. The van der Waals surface area contributed by atoms with E-state index in [0.717, 1.165) is 24.3 Å². The van der Waals surface area contributed by atoms with Gasteiger partial charge < -0.3 is 14.8 Å². The second kappa shape index (κ2) is 7.89. The summed E-state index contributed by atoms with van der Waals surface area (Å²) in [6.45, 7) is -0.579. The molecule has 0 spiro atoms. The number of hydrogen-bond acceptors (Lipinski definition) is 4. The van der Waals surface area contributed by atoms with Crippen molar-refractivity contribution in [2.75, 3.05) is 11.9 Å². The van der Waals surface area contributed by atoms with Gasteiger partial charge in [-0.25, -0.2) is 4.79 Å². The van der Waals surface area contributed by atoms with Crippen LogP contribution in [0.25, 0.3) is 0 Å². The minimum absolute atomic E-state index is 0.0277. The summed E-state index contributed by atoms with van der Waals surface area (Å²) < 4.78 is 44.6. The molecule has 0 radical (unpaired) electrons. The number of hydrogen-bond donors (Lipinski definition) is 1. The zero-order valence-corrected chi connectivity index (χ0v) is 13.2. The zero-order valence-electron chi connectivity index (χ0n) is 12.5. The molecule has 0 saturated heterocycles. The summed E-state index contributed by atoms with van der Waals surface area (Å²) in [5.41, 5.74) is 0.332. The highest BCUT2D eigenvalue weighted by Crippen LogP contribution is 2.23. The molecule has 9 heteroatoms. The third kappa shape index (κ3) is 6.00. The molecule has 0 saturated carbocycles. The lowest BCUT2D eigenvalue weighted by molar-refractivity contribution is -0.274. The number of carbonyl (C=O) groups is 2. The van der Waals surface area contributed by atoms with Crippen LogP contribution in [0.1, 0.15) is 10.4 Å². The first-order chi connectivity index (χ1) is 11.7. The molecule has 0 heterocycles. The maximum atomic E-state index is 12.0. The highest BCUT2D eigenvalue weighted by Gasteiger charge is 2.31. The van der Waals surface area contributed by atoms with Gasteiger partial charge in [0.2, 0.25) is 0 Å². The van der Waals surface area contributed by atoms with Crippen molar-refractivity contribution in [3.63, 3.8) is 0 Å². The van der Waals surface area contributed by atoms with Crippen molar-refractivity contribution in [3.05, 3.63) is 59.1 Å². The molecule has 25 heavy (non-hydrogen) atoms. The molecular formula is C16H11ClF3NO4. The van der Waals surface area contributed by atoms with Gasteiger partial charge in [-0.3, -0.25) is 4.79 Å². The summed E-state index contributed by atoms with van der Waals surface area (Å²) in [5.74, 6) is -1.95. The second-order valence-electron chi connectivity index (χ2n) is 4.68. The van der Waals surface area contributed by atoms with E-state index in [9.17, 15) is 22.8 Å².